The zero-order valence-corrected chi connectivity index (χ0v) is 23.9. The summed E-state index contributed by atoms with van der Waals surface area (Å²) in [7, 11) is -3.90. The van der Waals surface area contributed by atoms with Crippen LogP contribution >= 0.6 is 0 Å². The number of nitrogens with zero attached hydrogens (tertiary/aromatic N) is 7. The molecule has 2 aliphatic rings. The van der Waals surface area contributed by atoms with Crippen LogP contribution in [0.25, 0.3) is 0 Å². The molecule has 1 fully saturated rings. The average Bonchev–Trinajstić information content (AvgIpc) is 3.60. The van der Waals surface area contributed by atoms with Crippen LogP contribution < -0.4 is 15.8 Å². The third-order valence-corrected chi connectivity index (χ3v) is 8.69. The second-order valence-corrected chi connectivity index (χ2v) is 11.2. The van der Waals surface area contributed by atoms with E-state index in [4.69, 9.17) is 10.5 Å². The van der Waals surface area contributed by atoms with Crippen LogP contribution in [-0.4, -0.2) is 107 Å². The molecule has 4 heterocycles. The van der Waals surface area contributed by atoms with Gasteiger partial charge in [-0.25, -0.2) is 13.4 Å². The Morgan fingerprint density at radius 2 is 1.93 bits per heavy atom. The lowest BCUT2D eigenvalue weighted by Gasteiger charge is -2.33. The van der Waals surface area contributed by atoms with Crippen LogP contribution in [0.4, 0.5) is 5.69 Å². The highest BCUT2D eigenvalue weighted by molar-refractivity contribution is 7.89. The Labute approximate surface area is 233 Å². The van der Waals surface area contributed by atoms with Gasteiger partial charge in [0.1, 0.15) is 17.0 Å². The Morgan fingerprint density at radius 3 is 2.52 bits per heavy atom. The molecule has 2 aromatic rings. The average molecular weight is 575 g/mol. The first-order chi connectivity index (χ1) is 19.2. The van der Waals surface area contributed by atoms with E-state index in [1.807, 2.05) is 20.1 Å². The molecule has 0 radical (unpaired) electrons. The molecular weight excluding hydrogens is 538 g/mol. The second kappa shape index (κ2) is 12.7. The summed E-state index contributed by atoms with van der Waals surface area (Å²) in [6.45, 7) is 9.52. The maximum atomic E-state index is 13.6. The van der Waals surface area contributed by atoms with Crippen molar-refractivity contribution in [3.8, 4) is 5.88 Å². The Morgan fingerprint density at radius 1 is 1.18 bits per heavy atom. The normalized spacial score (nSPS) is 16.2. The van der Waals surface area contributed by atoms with Crippen molar-refractivity contribution in [1.29, 1.82) is 0 Å². The van der Waals surface area contributed by atoms with Crippen LogP contribution in [0.2, 0.25) is 0 Å². The lowest BCUT2D eigenvalue weighted by molar-refractivity contribution is -0.527. The van der Waals surface area contributed by atoms with Crippen LogP contribution in [0.15, 0.2) is 22.3 Å². The quantitative estimate of drug-likeness (QED) is 0.343. The molecule has 216 valence electrons. The van der Waals surface area contributed by atoms with Crippen LogP contribution in [-0.2, 0) is 23.0 Å². The maximum Gasteiger partial charge on any atom is 0.271 e. The first-order valence-electron chi connectivity index (χ1n) is 13.4. The van der Waals surface area contributed by atoms with Gasteiger partial charge in [-0.1, -0.05) is 18.5 Å². The number of pyridine rings is 1. The van der Waals surface area contributed by atoms with Gasteiger partial charge in [0, 0.05) is 26.2 Å². The van der Waals surface area contributed by atoms with Crippen LogP contribution in [0, 0.1) is 0 Å². The summed E-state index contributed by atoms with van der Waals surface area (Å²) in [6.07, 6.45) is 6.10. The van der Waals surface area contributed by atoms with Crippen LogP contribution in [0.5, 0.6) is 5.88 Å². The summed E-state index contributed by atoms with van der Waals surface area (Å²) < 4.78 is 37.2. The van der Waals surface area contributed by atoms with Crippen LogP contribution in [0.3, 0.4) is 0 Å². The topological polar surface area (TPSA) is 168 Å². The van der Waals surface area contributed by atoms with E-state index in [0.717, 1.165) is 13.0 Å². The minimum absolute atomic E-state index is 0.0248. The highest BCUT2D eigenvalue weighted by Crippen LogP contribution is 2.27. The molecule has 0 atom stereocenters. The monoisotopic (exact) mass is 574 g/mol. The van der Waals surface area contributed by atoms with Gasteiger partial charge in [-0.2, -0.15) is 9.40 Å². The Bertz CT molecular complexity index is 1430. The van der Waals surface area contributed by atoms with Crippen molar-refractivity contribution >= 4 is 40.0 Å². The molecule has 40 heavy (non-hydrogen) atoms. The summed E-state index contributed by atoms with van der Waals surface area (Å²) in [6, 6.07) is 1.26. The number of likely N-dealkylation sites (N-methyl/N-ethyl adjacent to an activating group) is 1. The fourth-order valence-corrected chi connectivity index (χ4v) is 6.06. The number of hydrogen-bond acceptors (Lipinski definition) is 9. The van der Waals surface area contributed by atoms with E-state index in [-0.39, 0.29) is 34.3 Å². The predicted molar refractivity (Wildman–Crippen MR) is 149 cm³/mol. The first-order valence-corrected chi connectivity index (χ1v) is 14.8. The molecule has 2 aromatic heterocycles. The Kier molecular flexibility index (Phi) is 9.27. The number of piperazine rings is 1. The highest BCUT2D eigenvalue weighted by atomic mass is 32.2. The molecule has 4 rings (SSSR count). The van der Waals surface area contributed by atoms with E-state index < -0.39 is 21.8 Å². The molecule has 2 aliphatic heterocycles. The molecule has 0 spiro atoms. The van der Waals surface area contributed by atoms with E-state index >= 15 is 0 Å². The number of nitrogens with two attached hydrogens (primary N) is 1. The zero-order chi connectivity index (χ0) is 28.9. The molecule has 0 unspecified atom stereocenters. The van der Waals surface area contributed by atoms with Crippen LogP contribution in [0.1, 0.15) is 53.7 Å². The number of hydrogen-bond donors (Lipinski definition) is 2. The maximum absolute atomic E-state index is 13.6. The molecule has 1 saturated heterocycles. The van der Waals surface area contributed by atoms with E-state index in [9.17, 15) is 18.0 Å². The molecule has 14 nitrogen and oxygen atoms in total. The van der Waals surface area contributed by atoms with E-state index in [0.29, 0.717) is 51.4 Å². The smallest absolute Gasteiger partial charge is 0.271 e. The Hall–Kier alpha value is -3.69. The zero-order valence-electron chi connectivity index (χ0n) is 23.0. The van der Waals surface area contributed by atoms with E-state index in [1.165, 1.54) is 16.6 Å². The van der Waals surface area contributed by atoms with Gasteiger partial charge in [-0.3, -0.25) is 14.3 Å². The molecule has 0 aliphatic carbocycles. The van der Waals surface area contributed by atoms with Gasteiger partial charge in [-0.05, 0) is 31.1 Å². The van der Waals surface area contributed by atoms with E-state index in [2.05, 4.69) is 25.4 Å². The SMILES string of the molecule is CCOc1ncc(S(=O)(=O)N2CCN(CC)CC2)cc1C(=O)Nc1c(C(N)=O)nn(CC[N+]2=CCC=N2)c1CC. The van der Waals surface area contributed by atoms with Gasteiger partial charge in [0.2, 0.25) is 15.9 Å². The summed E-state index contributed by atoms with van der Waals surface area (Å²) in [5.74, 6) is -1.53. The number of ether oxygens (including phenoxy) is 1. The fourth-order valence-electron chi connectivity index (χ4n) is 4.66. The van der Waals surface area contributed by atoms with Gasteiger partial charge >= 0.3 is 0 Å². The number of carbonyl (C=O) groups excluding carboxylic acids is 2. The molecule has 3 N–H and O–H groups in total. The molecular formula is C25H36N9O5S+. The second-order valence-electron chi connectivity index (χ2n) is 9.24. The minimum Gasteiger partial charge on any atom is -0.477 e. The summed E-state index contributed by atoms with van der Waals surface area (Å²) in [5.41, 5.74) is 6.20. The molecule has 0 bridgehead atoms. The minimum atomic E-state index is -3.90. The third kappa shape index (κ3) is 6.21. The number of sulfonamides is 1. The number of aromatic nitrogens is 3. The first kappa shape index (κ1) is 29.3. The number of carbonyl (C=O) groups is 2. The predicted octanol–water partition coefficient (Wildman–Crippen LogP) is 0.389. The standard InChI is InChI=1S/C25H35N9O5S/c1-4-20-21(22(23(26)35)30-34(20)15-12-32-9-7-8-28-32)29-24(36)19-16-18(17-27-25(19)39-6-3)40(37,38)33-13-10-31(5-2)11-14-33/h8-9,16-17H,4-7,10-15H2,1-3H3,(H2-,26,29,35,36)/p+1. The van der Waals surface area contributed by atoms with Gasteiger partial charge in [0.05, 0.1) is 36.8 Å². The number of rotatable bonds is 12. The lowest BCUT2D eigenvalue weighted by Crippen LogP contribution is -2.48. The van der Waals surface area contributed by atoms with E-state index in [1.54, 1.807) is 22.5 Å². The summed E-state index contributed by atoms with van der Waals surface area (Å²) in [4.78, 5) is 32.1. The lowest BCUT2D eigenvalue weighted by atomic mass is 10.2. The number of amides is 2. The summed E-state index contributed by atoms with van der Waals surface area (Å²) >= 11 is 0. The highest BCUT2D eigenvalue weighted by Gasteiger charge is 2.31. The summed E-state index contributed by atoms with van der Waals surface area (Å²) in [5, 5.41) is 11.3. The van der Waals surface area contributed by atoms with Gasteiger partial charge < -0.3 is 20.7 Å². The molecule has 0 aromatic carbocycles. The fraction of sp³-hybridized carbons (Fsp3) is 0.520. The van der Waals surface area contributed by atoms with Crippen molar-refractivity contribution in [2.45, 2.75) is 45.1 Å². The number of nitrogens with one attached hydrogen (secondary N) is 1. The van der Waals surface area contributed by atoms with Gasteiger partial charge in [0.15, 0.2) is 18.5 Å². The number of anilines is 1. The van der Waals surface area contributed by atoms with Crippen molar-refractivity contribution in [2.75, 3.05) is 51.2 Å². The third-order valence-electron chi connectivity index (χ3n) is 6.82. The number of hydrazone groups is 1. The van der Waals surface area contributed by atoms with Gasteiger partial charge in [-0.15, -0.1) is 0 Å². The van der Waals surface area contributed by atoms with Crippen molar-refractivity contribution in [2.24, 2.45) is 10.8 Å². The Balaban J connectivity index is 1.65. The van der Waals surface area contributed by atoms with Crippen molar-refractivity contribution in [3.63, 3.8) is 0 Å². The molecule has 2 amide bonds. The van der Waals surface area contributed by atoms with Crippen molar-refractivity contribution in [1.82, 2.24) is 24.0 Å². The van der Waals surface area contributed by atoms with Crippen molar-refractivity contribution in [3.05, 3.63) is 29.2 Å². The largest absolute Gasteiger partial charge is 0.477 e. The molecule has 0 saturated carbocycles. The molecule has 15 heteroatoms. The van der Waals surface area contributed by atoms with Gasteiger partial charge in [0.25, 0.3) is 11.8 Å². The number of primary amides is 1. The van der Waals surface area contributed by atoms with Crippen molar-refractivity contribution < 1.29 is 27.4 Å².